The monoisotopic (exact) mass is 190 g/mol. The number of ether oxygens (including phenoxy) is 2. The minimum atomic E-state index is -0.463. The highest BCUT2D eigenvalue weighted by Gasteiger charge is 2.21. The molecule has 0 spiro atoms. The topological polar surface area (TPSA) is 38.7 Å². The van der Waals surface area contributed by atoms with Gasteiger partial charge in [-0.05, 0) is 25.7 Å². The van der Waals surface area contributed by atoms with Crippen LogP contribution in [0.5, 0.6) is 0 Å². The standard InChI is InChI=1S/C10H22O3/c1-9(8-11)6-5-7-10(2,12-3)13-4/h9,11H,5-8H2,1-4H3. The highest BCUT2D eigenvalue weighted by Crippen LogP contribution is 2.20. The van der Waals surface area contributed by atoms with E-state index in [4.69, 9.17) is 14.6 Å². The summed E-state index contributed by atoms with van der Waals surface area (Å²) in [5.74, 6) is -0.0900. The number of hydrogen-bond donors (Lipinski definition) is 1. The van der Waals surface area contributed by atoms with Crippen LogP contribution in [0, 0.1) is 5.92 Å². The predicted octanol–water partition coefficient (Wildman–Crippen LogP) is 1.79. The third kappa shape index (κ3) is 5.24. The number of rotatable bonds is 7. The lowest BCUT2D eigenvalue weighted by Gasteiger charge is -2.26. The Morgan fingerprint density at radius 2 is 1.85 bits per heavy atom. The van der Waals surface area contributed by atoms with Crippen LogP contribution in [0.1, 0.15) is 33.1 Å². The summed E-state index contributed by atoms with van der Waals surface area (Å²) in [7, 11) is 3.30. The molecule has 0 fully saturated rings. The molecule has 1 atom stereocenters. The maximum Gasteiger partial charge on any atom is 0.164 e. The zero-order valence-corrected chi connectivity index (χ0v) is 9.17. The average Bonchev–Trinajstić information content (AvgIpc) is 2.17. The van der Waals surface area contributed by atoms with E-state index in [2.05, 4.69) is 0 Å². The first-order valence-corrected chi connectivity index (χ1v) is 4.79. The van der Waals surface area contributed by atoms with Crippen molar-refractivity contribution < 1.29 is 14.6 Å². The molecule has 0 saturated heterocycles. The maximum atomic E-state index is 8.82. The molecule has 0 aliphatic carbocycles. The van der Waals surface area contributed by atoms with Gasteiger partial charge >= 0.3 is 0 Å². The van der Waals surface area contributed by atoms with Crippen molar-refractivity contribution in [1.29, 1.82) is 0 Å². The molecule has 0 heterocycles. The molecule has 0 amide bonds. The Kier molecular flexibility index (Phi) is 6.29. The first-order chi connectivity index (χ1) is 6.08. The van der Waals surface area contributed by atoms with Crippen LogP contribution < -0.4 is 0 Å². The molecule has 0 aromatic carbocycles. The minimum absolute atomic E-state index is 0.261. The van der Waals surface area contributed by atoms with Gasteiger partial charge in [0.1, 0.15) is 0 Å². The molecule has 3 nitrogen and oxygen atoms in total. The molecule has 0 aliphatic heterocycles. The first kappa shape index (κ1) is 12.9. The van der Waals surface area contributed by atoms with E-state index in [9.17, 15) is 0 Å². The van der Waals surface area contributed by atoms with Crippen LogP contribution in [0.4, 0.5) is 0 Å². The second-order valence-corrected chi connectivity index (χ2v) is 3.72. The summed E-state index contributed by atoms with van der Waals surface area (Å²) in [6, 6.07) is 0. The third-order valence-corrected chi connectivity index (χ3v) is 2.50. The van der Waals surface area contributed by atoms with Gasteiger partial charge in [-0.15, -0.1) is 0 Å². The Hall–Kier alpha value is -0.120. The van der Waals surface area contributed by atoms with Gasteiger partial charge in [-0.1, -0.05) is 6.92 Å². The Labute approximate surface area is 81.0 Å². The summed E-state index contributed by atoms with van der Waals surface area (Å²) in [5, 5.41) is 8.82. The van der Waals surface area contributed by atoms with Crippen molar-refractivity contribution in [3.8, 4) is 0 Å². The smallest absolute Gasteiger partial charge is 0.164 e. The van der Waals surface area contributed by atoms with Crippen molar-refractivity contribution in [2.75, 3.05) is 20.8 Å². The molecule has 1 N–H and O–H groups in total. The number of aliphatic hydroxyl groups is 1. The summed E-state index contributed by atoms with van der Waals surface area (Å²) < 4.78 is 10.4. The Bertz CT molecular complexity index is 121. The van der Waals surface area contributed by atoms with E-state index in [1.54, 1.807) is 14.2 Å². The first-order valence-electron chi connectivity index (χ1n) is 4.79. The largest absolute Gasteiger partial charge is 0.396 e. The Balaban J connectivity index is 3.61. The molecule has 0 aliphatic rings. The van der Waals surface area contributed by atoms with E-state index < -0.39 is 5.79 Å². The zero-order chi connectivity index (χ0) is 10.3. The molecular weight excluding hydrogens is 168 g/mol. The summed E-state index contributed by atoms with van der Waals surface area (Å²) >= 11 is 0. The van der Waals surface area contributed by atoms with Gasteiger partial charge in [0.2, 0.25) is 0 Å². The van der Waals surface area contributed by atoms with E-state index in [0.29, 0.717) is 5.92 Å². The quantitative estimate of drug-likeness (QED) is 0.622. The van der Waals surface area contributed by atoms with Crippen molar-refractivity contribution >= 4 is 0 Å². The summed E-state index contributed by atoms with van der Waals surface area (Å²) in [6.07, 6.45) is 2.89. The molecule has 0 aromatic heterocycles. The van der Waals surface area contributed by atoms with Crippen molar-refractivity contribution in [3.63, 3.8) is 0 Å². The van der Waals surface area contributed by atoms with Crippen LogP contribution in [0.25, 0.3) is 0 Å². The van der Waals surface area contributed by atoms with Crippen LogP contribution >= 0.6 is 0 Å². The Morgan fingerprint density at radius 1 is 1.31 bits per heavy atom. The van der Waals surface area contributed by atoms with Gasteiger partial charge in [-0.3, -0.25) is 0 Å². The molecular formula is C10H22O3. The van der Waals surface area contributed by atoms with Crippen LogP contribution in [-0.4, -0.2) is 31.7 Å². The number of hydrogen-bond acceptors (Lipinski definition) is 3. The summed E-state index contributed by atoms with van der Waals surface area (Å²) in [4.78, 5) is 0. The molecule has 0 bridgehead atoms. The van der Waals surface area contributed by atoms with Crippen LogP contribution in [0.2, 0.25) is 0 Å². The van der Waals surface area contributed by atoms with Gasteiger partial charge in [0.25, 0.3) is 0 Å². The lowest BCUT2D eigenvalue weighted by molar-refractivity contribution is -0.198. The molecule has 3 heteroatoms. The average molecular weight is 190 g/mol. The van der Waals surface area contributed by atoms with Gasteiger partial charge in [0, 0.05) is 27.2 Å². The Morgan fingerprint density at radius 3 is 2.23 bits per heavy atom. The van der Waals surface area contributed by atoms with E-state index in [1.807, 2.05) is 13.8 Å². The summed E-state index contributed by atoms with van der Waals surface area (Å²) in [5.41, 5.74) is 0. The van der Waals surface area contributed by atoms with E-state index in [1.165, 1.54) is 0 Å². The molecule has 0 aromatic rings. The summed E-state index contributed by atoms with van der Waals surface area (Å²) in [6.45, 7) is 4.23. The lowest BCUT2D eigenvalue weighted by atomic mass is 10.0. The van der Waals surface area contributed by atoms with Crippen LogP contribution in [0.15, 0.2) is 0 Å². The normalized spacial score (nSPS) is 14.5. The fourth-order valence-electron chi connectivity index (χ4n) is 1.15. The fraction of sp³-hybridized carbons (Fsp3) is 1.00. The van der Waals surface area contributed by atoms with Gasteiger partial charge in [-0.2, -0.15) is 0 Å². The molecule has 80 valence electrons. The van der Waals surface area contributed by atoms with E-state index >= 15 is 0 Å². The zero-order valence-electron chi connectivity index (χ0n) is 9.17. The fourth-order valence-corrected chi connectivity index (χ4v) is 1.15. The van der Waals surface area contributed by atoms with Crippen molar-refractivity contribution in [2.24, 2.45) is 5.92 Å². The van der Waals surface area contributed by atoms with Gasteiger partial charge < -0.3 is 14.6 Å². The molecule has 1 unspecified atom stereocenters. The molecule has 0 radical (unpaired) electrons. The second-order valence-electron chi connectivity index (χ2n) is 3.72. The predicted molar refractivity (Wildman–Crippen MR) is 52.5 cm³/mol. The van der Waals surface area contributed by atoms with Crippen LogP contribution in [0.3, 0.4) is 0 Å². The molecule has 13 heavy (non-hydrogen) atoms. The van der Waals surface area contributed by atoms with E-state index in [-0.39, 0.29) is 6.61 Å². The lowest BCUT2D eigenvalue weighted by Crippen LogP contribution is -2.29. The van der Waals surface area contributed by atoms with Crippen molar-refractivity contribution in [1.82, 2.24) is 0 Å². The van der Waals surface area contributed by atoms with Crippen LogP contribution in [-0.2, 0) is 9.47 Å². The third-order valence-electron chi connectivity index (χ3n) is 2.50. The van der Waals surface area contributed by atoms with E-state index in [0.717, 1.165) is 19.3 Å². The molecule has 0 saturated carbocycles. The van der Waals surface area contributed by atoms with Crippen molar-refractivity contribution in [2.45, 2.75) is 38.9 Å². The number of aliphatic hydroxyl groups excluding tert-OH is 1. The highest BCUT2D eigenvalue weighted by molar-refractivity contribution is 4.63. The van der Waals surface area contributed by atoms with Gasteiger partial charge in [-0.25, -0.2) is 0 Å². The van der Waals surface area contributed by atoms with Gasteiger partial charge in [0.15, 0.2) is 5.79 Å². The SMILES string of the molecule is COC(C)(CCCC(C)CO)OC. The second kappa shape index (κ2) is 6.35. The van der Waals surface area contributed by atoms with Gasteiger partial charge in [0.05, 0.1) is 0 Å². The molecule has 0 rings (SSSR count). The number of methoxy groups -OCH3 is 2. The highest BCUT2D eigenvalue weighted by atomic mass is 16.7. The minimum Gasteiger partial charge on any atom is -0.396 e. The maximum absolute atomic E-state index is 8.82. The van der Waals surface area contributed by atoms with Crippen molar-refractivity contribution in [3.05, 3.63) is 0 Å².